The van der Waals surface area contributed by atoms with Gasteiger partial charge in [-0.15, -0.1) is 0 Å². The summed E-state index contributed by atoms with van der Waals surface area (Å²) in [5.74, 6) is -0.330. The Bertz CT molecular complexity index is 1280. The zero-order valence-electron chi connectivity index (χ0n) is 17.2. The lowest BCUT2D eigenvalue weighted by Gasteiger charge is -2.12. The van der Waals surface area contributed by atoms with Crippen LogP contribution in [0, 0.1) is 24.0 Å². The number of thioether (sulfide) groups is 1. The maximum absolute atomic E-state index is 12.9. The topological polar surface area (TPSA) is 85.5 Å². The zero-order valence-corrected chi connectivity index (χ0v) is 19.6. The number of nitro groups is 1. The highest BCUT2D eigenvalue weighted by Crippen LogP contribution is 2.35. The van der Waals surface area contributed by atoms with Gasteiger partial charge in [-0.2, -0.15) is 0 Å². The van der Waals surface area contributed by atoms with Gasteiger partial charge in [0.25, 0.3) is 16.8 Å². The third-order valence-electron chi connectivity index (χ3n) is 5.18. The number of rotatable bonds is 5. The van der Waals surface area contributed by atoms with Crippen molar-refractivity contribution in [3.05, 3.63) is 96.6 Å². The van der Waals surface area contributed by atoms with Gasteiger partial charge in [0, 0.05) is 28.0 Å². The number of non-ortho nitro benzene ring substituents is 1. The van der Waals surface area contributed by atoms with Crippen molar-refractivity contribution in [3.8, 4) is 5.69 Å². The summed E-state index contributed by atoms with van der Waals surface area (Å²) in [5.41, 5.74) is 4.00. The maximum Gasteiger partial charge on any atom is 0.293 e. The summed E-state index contributed by atoms with van der Waals surface area (Å²) < 4.78 is 2.82. The highest BCUT2D eigenvalue weighted by molar-refractivity contribution is 9.10. The molecular formula is C23H18BrN3O4S. The highest BCUT2D eigenvalue weighted by Gasteiger charge is 2.35. The van der Waals surface area contributed by atoms with Crippen molar-refractivity contribution in [2.24, 2.45) is 0 Å². The van der Waals surface area contributed by atoms with Crippen LogP contribution >= 0.6 is 27.7 Å². The third-order valence-corrected chi connectivity index (χ3v) is 6.62. The second-order valence-corrected chi connectivity index (χ2v) is 9.24. The fourth-order valence-corrected chi connectivity index (χ4v) is 4.72. The molecule has 7 nitrogen and oxygen atoms in total. The quantitative estimate of drug-likeness (QED) is 0.238. The minimum absolute atomic E-state index is 0.00520. The van der Waals surface area contributed by atoms with Gasteiger partial charge in [-0.3, -0.25) is 24.6 Å². The molecule has 2 amide bonds. The first-order chi connectivity index (χ1) is 15.2. The molecule has 0 spiro atoms. The molecule has 2 heterocycles. The predicted molar refractivity (Wildman–Crippen MR) is 128 cm³/mol. The van der Waals surface area contributed by atoms with Crippen molar-refractivity contribution in [3.63, 3.8) is 0 Å². The highest BCUT2D eigenvalue weighted by atomic mass is 79.9. The molecule has 1 aliphatic heterocycles. The molecule has 9 heteroatoms. The molecule has 162 valence electrons. The van der Waals surface area contributed by atoms with E-state index in [1.807, 2.05) is 48.7 Å². The van der Waals surface area contributed by atoms with Gasteiger partial charge < -0.3 is 4.57 Å². The fourth-order valence-electron chi connectivity index (χ4n) is 3.63. The number of carbonyl (C=O) groups is 2. The molecule has 0 aliphatic carbocycles. The fraction of sp³-hybridized carbons (Fsp3) is 0.130. The Morgan fingerprint density at radius 3 is 2.50 bits per heavy atom. The van der Waals surface area contributed by atoms with Crippen molar-refractivity contribution < 1.29 is 14.5 Å². The number of carbonyl (C=O) groups excluding carboxylic acids is 2. The molecule has 0 bridgehead atoms. The van der Waals surface area contributed by atoms with Crippen molar-refractivity contribution in [2.75, 3.05) is 0 Å². The second-order valence-electron chi connectivity index (χ2n) is 7.33. The smallest absolute Gasteiger partial charge is 0.293 e. The molecule has 1 saturated heterocycles. The number of aromatic nitrogens is 1. The van der Waals surface area contributed by atoms with Crippen molar-refractivity contribution in [1.29, 1.82) is 0 Å². The van der Waals surface area contributed by atoms with Crippen LogP contribution in [-0.4, -0.2) is 25.5 Å². The van der Waals surface area contributed by atoms with E-state index in [0.717, 1.165) is 38.7 Å². The molecule has 0 radical (unpaired) electrons. The summed E-state index contributed by atoms with van der Waals surface area (Å²) in [5, 5.41) is 10.8. The van der Waals surface area contributed by atoms with Crippen LogP contribution in [0.2, 0.25) is 0 Å². The Hall–Kier alpha value is -3.17. The van der Waals surface area contributed by atoms with Crippen LogP contribution < -0.4 is 0 Å². The first-order valence-electron chi connectivity index (χ1n) is 9.68. The molecular weight excluding hydrogens is 494 g/mol. The van der Waals surface area contributed by atoms with E-state index in [4.69, 9.17) is 0 Å². The first kappa shape index (κ1) is 22.0. The van der Waals surface area contributed by atoms with Crippen LogP contribution in [0.15, 0.2) is 64.0 Å². The molecule has 0 N–H and O–H groups in total. The minimum atomic E-state index is -0.431. The van der Waals surface area contributed by atoms with E-state index >= 15 is 0 Å². The molecule has 0 saturated carbocycles. The summed E-state index contributed by atoms with van der Waals surface area (Å²) in [6.07, 6.45) is 1.71. The van der Waals surface area contributed by atoms with E-state index in [2.05, 4.69) is 15.9 Å². The van der Waals surface area contributed by atoms with Crippen LogP contribution in [0.1, 0.15) is 22.5 Å². The van der Waals surface area contributed by atoms with Crippen molar-refractivity contribution in [2.45, 2.75) is 20.4 Å². The van der Waals surface area contributed by atoms with E-state index in [1.54, 1.807) is 18.2 Å². The van der Waals surface area contributed by atoms with Crippen LogP contribution in [0.5, 0.6) is 0 Å². The van der Waals surface area contributed by atoms with Gasteiger partial charge in [0.05, 0.1) is 22.1 Å². The Kier molecular flexibility index (Phi) is 6.03. The van der Waals surface area contributed by atoms with E-state index in [0.29, 0.717) is 10.6 Å². The Morgan fingerprint density at radius 2 is 1.81 bits per heavy atom. The number of halogens is 1. The van der Waals surface area contributed by atoms with Crippen LogP contribution in [0.3, 0.4) is 0 Å². The molecule has 4 rings (SSSR count). The number of nitrogens with zero attached hydrogens (tertiary/aromatic N) is 3. The van der Waals surface area contributed by atoms with Crippen LogP contribution in [0.4, 0.5) is 10.5 Å². The normalized spacial score (nSPS) is 15.1. The number of amides is 2. The van der Waals surface area contributed by atoms with E-state index in [9.17, 15) is 19.7 Å². The predicted octanol–water partition coefficient (Wildman–Crippen LogP) is 6.00. The lowest BCUT2D eigenvalue weighted by atomic mass is 10.2. The second kappa shape index (κ2) is 8.76. The Morgan fingerprint density at radius 1 is 1.09 bits per heavy atom. The van der Waals surface area contributed by atoms with E-state index in [1.165, 1.54) is 17.0 Å². The number of imide groups is 1. The molecule has 1 aliphatic rings. The molecule has 0 atom stereocenters. The SMILES string of the molecule is Cc1cc(/C=C2\SC(=O)N(Cc3ccc(Br)cc3)C2=O)c(C)n1-c1cccc([N+](=O)[O-])c1. The third kappa shape index (κ3) is 4.26. The van der Waals surface area contributed by atoms with Crippen LogP contribution in [0.25, 0.3) is 11.8 Å². The molecule has 1 fully saturated rings. The van der Waals surface area contributed by atoms with Gasteiger partial charge in [0.1, 0.15) is 0 Å². The van der Waals surface area contributed by atoms with Gasteiger partial charge >= 0.3 is 0 Å². The molecule has 0 unspecified atom stereocenters. The van der Waals surface area contributed by atoms with Gasteiger partial charge in [-0.25, -0.2) is 0 Å². The Balaban J connectivity index is 1.63. The summed E-state index contributed by atoms with van der Waals surface area (Å²) >= 11 is 4.29. The molecule has 32 heavy (non-hydrogen) atoms. The summed E-state index contributed by atoms with van der Waals surface area (Å²) in [6.45, 7) is 3.98. The lowest BCUT2D eigenvalue weighted by molar-refractivity contribution is -0.384. The van der Waals surface area contributed by atoms with Crippen LogP contribution in [-0.2, 0) is 11.3 Å². The number of hydrogen-bond acceptors (Lipinski definition) is 5. The van der Waals surface area contributed by atoms with Gasteiger partial charge in [-0.1, -0.05) is 34.1 Å². The lowest BCUT2D eigenvalue weighted by Crippen LogP contribution is -2.27. The molecule has 3 aromatic rings. The minimum Gasteiger partial charge on any atom is -0.318 e. The largest absolute Gasteiger partial charge is 0.318 e. The summed E-state index contributed by atoms with van der Waals surface area (Å²) in [4.78, 5) is 37.7. The standard InChI is InChI=1S/C23H18BrN3O4S/c1-14-10-17(15(2)26(14)19-4-3-5-20(12-19)27(30)31)11-21-22(28)25(23(29)32-21)13-16-6-8-18(24)9-7-16/h3-12H,13H2,1-2H3/b21-11-. The number of hydrogen-bond donors (Lipinski definition) is 0. The van der Waals surface area contributed by atoms with Gasteiger partial charge in [-0.05, 0) is 67.1 Å². The summed E-state index contributed by atoms with van der Waals surface area (Å²) in [6, 6.07) is 15.8. The number of aryl methyl sites for hydroxylation is 1. The van der Waals surface area contributed by atoms with E-state index in [-0.39, 0.29) is 23.4 Å². The van der Waals surface area contributed by atoms with Crippen molar-refractivity contribution >= 4 is 50.6 Å². The zero-order chi connectivity index (χ0) is 23.0. The average molecular weight is 512 g/mol. The Labute approximate surface area is 197 Å². The first-order valence-corrected chi connectivity index (χ1v) is 11.3. The van der Waals surface area contributed by atoms with Gasteiger partial charge in [0.2, 0.25) is 0 Å². The number of nitro benzene ring substituents is 1. The average Bonchev–Trinajstić information content (AvgIpc) is 3.19. The summed E-state index contributed by atoms with van der Waals surface area (Å²) in [7, 11) is 0. The van der Waals surface area contributed by atoms with Crippen molar-refractivity contribution in [1.82, 2.24) is 9.47 Å². The maximum atomic E-state index is 12.9. The number of benzene rings is 2. The molecule has 2 aromatic carbocycles. The monoisotopic (exact) mass is 511 g/mol. The van der Waals surface area contributed by atoms with E-state index < -0.39 is 4.92 Å². The molecule has 1 aromatic heterocycles. The van der Waals surface area contributed by atoms with Gasteiger partial charge in [0.15, 0.2) is 0 Å².